The SMILES string of the molecule is NCCCC[C@H](NC(=O)CCCCNC(=O)[C@@H](N)CCCN=C(N)N)C(=O)NCCCCC(=O)N[C@@H](CCCN=C(N)N)C(=O)O. The van der Waals surface area contributed by atoms with E-state index in [2.05, 4.69) is 31.3 Å². The number of nitrogens with one attached hydrogen (secondary N) is 4. The van der Waals surface area contributed by atoms with Crippen molar-refractivity contribution in [2.75, 3.05) is 32.7 Å². The van der Waals surface area contributed by atoms with Gasteiger partial charge in [-0.25, -0.2) is 4.79 Å². The Morgan fingerprint density at radius 1 is 0.609 bits per heavy atom. The minimum Gasteiger partial charge on any atom is -0.480 e. The Hall–Kier alpha value is -4.19. The van der Waals surface area contributed by atoms with Crippen LogP contribution in [0.15, 0.2) is 9.98 Å². The van der Waals surface area contributed by atoms with E-state index in [0.29, 0.717) is 83.8 Å². The fourth-order valence-electron chi connectivity index (χ4n) is 4.20. The summed E-state index contributed by atoms with van der Waals surface area (Å²) in [7, 11) is 0. The van der Waals surface area contributed by atoms with Gasteiger partial charge in [0.2, 0.25) is 23.6 Å². The summed E-state index contributed by atoms with van der Waals surface area (Å²) < 4.78 is 0. The number of nitrogens with zero attached hydrogens (tertiary/aromatic N) is 2. The van der Waals surface area contributed by atoms with Crippen LogP contribution in [0.4, 0.5) is 0 Å². The highest BCUT2D eigenvalue weighted by Crippen LogP contribution is 2.05. The Morgan fingerprint density at radius 2 is 1.09 bits per heavy atom. The Bertz CT molecular complexity index is 986. The molecule has 0 fully saturated rings. The number of aliphatic imine (C=N–C) groups is 2. The zero-order chi connectivity index (χ0) is 34.7. The summed E-state index contributed by atoms with van der Waals surface area (Å²) in [5.74, 6) is -2.54. The van der Waals surface area contributed by atoms with Crippen LogP contribution in [0.2, 0.25) is 0 Å². The molecule has 0 rings (SSSR count). The molecule has 0 aliphatic rings. The summed E-state index contributed by atoms with van der Waals surface area (Å²) in [6.45, 7) is 1.77. The number of guanidine groups is 2. The van der Waals surface area contributed by atoms with E-state index in [1.165, 1.54) is 0 Å². The molecular weight excluding hydrogens is 600 g/mol. The largest absolute Gasteiger partial charge is 0.480 e. The molecule has 0 aromatic heterocycles. The first-order valence-electron chi connectivity index (χ1n) is 15.8. The van der Waals surface area contributed by atoms with Gasteiger partial charge in [0.05, 0.1) is 6.04 Å². The van der Waals surface area contributed by atoms with Crippen molar-refractivity contribution in [2.45, 2.75) is 102 Å². The summed E-state index contributed by atoms with van der Waals surface area (Å²) in [5.41, 5.74) is 32.4. The molecule has 3 atom stereocenters. The van der Waals surface area contributed by atoms with Gasteiger partial charge < -0.3 is 60.8 Å². The van der Waals surface area contributed by atoms with Crippen LogP contribution in [0.25, 0.3) is 0 Å². The molecule has 0 aromatic carbocycles. The van der Waals surface area contributed by atoms with E-state index < -0.39 is 30.0 Å². The lowest BCUT2D eigenvalue weighted by atomic mass is 10.1. The number of amides is 4. The summed E-state index contributed by atoms with van der Waals surface area (Å²) in [6, 6.07) is -2.45. The molecule has 0 unspecified atom stereocenters. The third-order valence-electron chi connectivity index (χ3n) is 6.74. The Kier molecular flexibility index (Phi) is 23.7. The van der Waals surface area contributed by atoms with Gasteiger partial charge in [0.1, 0.15) is 12.1 Å². The minimum absolute atomic E-state index is 0.0109. The lowest BCUT2D eigenvalue weighted by molar-refractivity contribution is -0.142. The zero-order valence-corrected chi connectivity index (χ0v) is 26.8. The van der Waals surface area contributed by atoms with Gasteiger partial charge in [-0.05, 0) is 77.2 Å². The van der Waals surface area contributed by atoms with E-state index >= 15 is 0 Å². The van der Waals surface area contributed by atoms with Gasteiger partial charge in [-0.15, -0.1) is 0 Å². The van der Waals surface area contributed by atoms with Crippen LogP contribution in [0.1, 0.15) is 83.5 Å². The molecular formula is C28H56N12O6. The van der Waals surface area contributed by atoms with E-state index in [-0.39, 0.29) is 62.0 Å². The maximum absolute atomic E-state index is 12.8. The van der Waals surface area contributed by atoms with Gasteiger partial charge >= 0.3 is 5.97 Å². The van der Waals surface area contributed by atoms with Gasteiger partial charge in [-0.2, -0.15) is 0 Å². The normalized spacial score (nSPS) is 12.6. The van der Waals surface area contributed by atoms with Gasteiger partial charge in [-0.1, -0.05) is 0 Å². The molecule has 18 nitrogen and oxygen atoms in total. The summed E-state index contributed by atoms with van der Waals surface area (Å²) in [4.78, 5) is 68.7. The zero-order valence-electron chi connectivity index (χ0n) is 26.8. The second-order valence-corrected chi connectivity index (χ2v) is 10.9. The van der Waals surface area contributed by atoms with Crippen molar-refractivity contribution < 1.29 is 29.1 Å². The van der Waals surface area contributed by atoms with E-state index in [1.54, 1.807) is 0 Å². The summed E-state index contributed by atoms with van der Waals surface area (Å²) in [6.07, 6.45) is 5.61. The molecule has 0 spiro atoms. The number of aliphatic carboxylic acids is 1. The van der Waals surface area contributed by atoms with Crippen molar-refractivity contribution >= 4 is 41.5 Å². The molecule has 0 saturated carbocycles. The lowest BCUT2D eigenvalue weighted by Gasteiger charge is -2.19. The standard InChI is InChI=1S/C28H56N12O6/c29-14-4-1-10-20(39-22(41)12-2-5-15-35-24(43)19(30)9-7-17-37-27(31)32)25(44)36-16-6-3-13-23(42)40-21(26(45)46)11-8-18-38-28(33)34/h19-21H,1-18,29-30H2,(H,35,43)(H,36,44)(H,39,41)(H,40,42)(H,45,46)(H4,31,32,37)(H4,33,34,38)/t19-,20-,21-/m0/s1. The third-order valence-corrected chi connectivity index (χ3v) is 6.74. The molecule has 17 N–H and O–H groups in total. The molecule has 18 heteroatoms. The molecule has 0 bridgehead atoms. The van der Waals surface area contributed by atoms with Crippen LogP contribution >= 0.6 is 0 Å². The number of carbonyl (C=O) groups is 5. The quantitative estimate of drug-likeness (QED) is 0.0242. The van der Waals surface area contributed by atoms with Crippen molar-refractivity contribution in [3.8, 4) is 0 Å². The number of unbranched alkanes of at least 4 members (excludes halogenated alkanes) is 3. The van der Waals surface area contributed by atoms with E-state index in [9.17, 15) is 29.1 Å². The Balaban J connectivity index is 4.42. The number of hydrogen-bond acceptors (Lipinski definition) is 9. The first kappa shape index (κ1) is 41.8. The van der Waals surface area contributed by atoms with E-state index in [1.807, 2.05) is 0 Å². The topological polar surface area (TPSA) is 335 Å². The molecule has 0 aliphatic carbocycles. The highest BCUT2D eigenvalue weighted by molar-refractivity contribution is 5.87. The number of carboxylic acids is 1. The van der Waals surface area contributed by atoms with Crippen LogP contribution < -0.4 is 55.7 Å². The number of carbonyl (C=O) groups excluding carboxylic acids is 4. The van der Waals surface area contributed by atoms with Crippen LogP contribution in [0.5, 0.6) is 0 Å². The highest BCUT2D eigenvalue weighted by atomic mass is 16.4. The van der Waals surface area contributed by atoms with Gasteiger partial charge in [0.15, 0.2) is 11.9 Å². The van der Waals surface area contributed by atoms with Crippen molar-refractivity contribution in [3.05, 3.63) is 0 Å². The van der Waals surface area contributed by atoms with Gasteiger partial charge in [0.25, 0.3) is 0 Å². The predicted molar refractivity (Wildman–Crippen MR) is 176 cm³/mol. The second kappa shape index (κ2) is 26.1. The number of nitrogens with two attached hydrogens (primary N) is 6. The lowest BCUT2D eigenvalue weighted by Crippen LogP contribution is -2.47. The second-order valence-electron chi connectivity index (χ2n) is 10.9. The fraction of sp³-hybridized carbons (Fsp3) is 0.750. The number of hydrogen-bond donors (Lipinski definition) is 11. The van der Waals surface area contributed by atoms with Crippen molar-refractivity contribution in [2.24, 2.45) is 44.4 Å². The Labute approximate surface area is 270 Å². The van der Waals surface area contributed by atoms with E-state index in [4.69, 9.17) is 34.4 Å². The van der Waals surface area contributed by atoms with Crippen molar-refractivity contribution in [1.29, 1.82) is 0 Å². The average molecular weight is 657 g/mol. The van der Waals surface area contributed by atoms with Crippen molar-refractivity contribution in [1.82, 2.24) is 21.3 Å². The van der Waals surface area contributed by atoms with Crippen LogP contribution in [-0.2, 0) is 24.0 Å². The molecule has 0 radical (unpaired) electrons. The molecule has 46 heavy (non-hydrogen) atoms. The van der Waals surface area contributed by atoms with Crippen molar-refractivity contribution in [3.63, 3.8) is 0 Å². The van der Waals surface area contributed by atoms with Gasteiger partial charge in [-0.3, -0.25) is 29.2 Å². The maximum Gasteiger partial charge on any atom is 0.326 e. The number of rotatable bonds is 27. The molecule has 0 saturated heterocycles. The third kappa shape index (κ3) is 23.2. The monoisotopic (exact) mass is 656 g/mol. The molecule has 0 aliphatic heterocycles. The minimum atomic E-state index is -1.15. The van der Waals surface area contributed by atoms with Crippen LogP contribution in [-0.4, -0.2) is 97.5 Å². The fourth-order valence-corrected chi connectivity index (χ4v) is 4.20. The molecule has 264 valence electrons. The average Bonchev–Trinajstić information content (AvgIpc) is 2.99. The Morgan fingerprint density at radius 3 is 1.59 bits per heavy atom. The molecule has 4 amide bonds. The molecule has 0 aromatic rings. The first-order chi connectivity index (χ1) is 21.9. The molecule has 0 heterocycles. The number of carboxylic acid groups (broad SMARTS) is 1. The van der Waals surface area contributed by atoms with Crippen LogP contribution in [0, 0.1) is 0 Å². The van der Waals surface area contributed by atoms with Gasteiger partial charge in [0, 0.05) is 39.0 Å². The van der Waals surface area contributed by atoms with Crippen LogP contribution in [0.3, 0.4) is 0 Å². The predicted octanol–water partition coefficient (Wildman–Crippen LogP) is -2.82. The first-order valence-corrected chi connectivity index (χ1v) is 15.8. The smallest absolute Gasteiger partial charge is 0.326 e. The summed E-state index contributed by atoms with van der Waals surface area (Å²) in [5, 5.41) is 20.1. The maximum atomic E-state index is 12.8. The summed E-state index contributed by atoms with van der Waals surface area (Å²) >= 11 is 0. The van der Waals surface area contributed by atoms with E-state index in [0.717, 1.165) is 0 Å². The highest BCUT2D eigenvalue weighted by Gasteiger charge is 2.21.